The molecule has 1 aromatic rings. The maximum absolute atomic E-state index is 14.0. The monoisotopic (exact) mass is 279 g/mol. The van der Waals surface area contributed by atoms with Crippen LogP contribution < -0.4 is 15.5 Å². The summed E-state index contributed by atoms with van der Waals surface area (Å²) in [5.74, 6) is -0.201. The maximum Gasteiger partial charge on any atom is 0.221 e. The van der Waals surface area contributed by atoms with E-state index in [2.05, 4.69) is 10.6 Å². The molecule has 110 valence electrons. The van der Waals surface area contributed by atoms with Crippen molar-refractivity contribution in [3.8, 4) is 0 Å². The first kappa shape index (κ1) is 14.8. The molecule has 0 heterocycles. The number of amides is 1. The Labute approximate surface area is 119 Å². The molecule has 2 rings (SSSR count). The van der Waals surface area contributed by atoms with Crippen molar-refractivity contribution in [1.82, 2.24) is 10.6 Å². The summed E-state index contributed by atoms with van der Waals surface area (Å²) in [5, 5.41) is 5.93. The van der Waals surface area contributed by atoms with E-state index in [9.17, 15) is 9.18 Å². The number of benzene rings is 1. The Morgan fingerprint density at radius 3 is 2.85 bits per heavy atom. The largest absolute Gasteiger partial charge is 0.374 e. The molecule has 2 N–H and O–H groups in total. The average Bonchev–Trinajstić information content (AvgIpc) is 3.27. The number of carbonyl (C=O) groups is 1. The molecular weight excluding hydrogens is 257 g/mol. The summed E-state index contributed by atoms with van der Waals surface area (Å²) in [6.45, 7) is 1.11. The fourth-order valence-electron chi connectivity index (χ4n) is 2.13. The van der Waals surface area contributed by atoms with Gasteiger partial charge in [0.1, 0.15) is 5.82 Å². The number of halogens is 1. The quantitative estimate of drug-likeness (QED) is 0.797. The molecule has 0 bridgehead atoms. The maximum atomic E-state index is 14.0. The van der Waals surface area contributed by atoms with E-state index in [-0.39, 0.29) is 11.7 Å². The highest BCUT2D eigenvalue weighted by atomic mass is 19.1. The van der Waals surface area contributed by atoms with Crippen molar-refractivity contribution in [2.24, 2.45) is 0 Å². The van der Waals surface area contributed by atoms with Crippen LogP contribution in [0.5, 0.6) is 0 Å². The smallest absolute Gasteiger partial charge is 0.221 e. The summed E-state index contributed by atoms with van der Waals surface area (Å²) in [6.07, 6.45) is 2.76. The topological polar surface area (TPSA) is 44.4 Å². The molecule has 0 spiro atoms. The Kier molecular flexibility index (Phi) is 4.95. The molecular formula is C15H22FN3O. The molecule has 0 unspecified atom stereocenters. The predicted molar refractivity (Wildman–Crippen MR) is 78.2 cm³/mol. The number of anilines is 1. The second-order valence-electron chi connectivity index (χ2n) is 5.24. The Morgan fingerprint density at radius 2 is 2.20 bits per heavy atom. The second kappa shape index (κ2) is 6.70. The molecule has 1 aliphatic carbocycles. The van der Waals surface area contributed by atoms with Gasteiger partial charge in [-0.3, -0.25) is 4.79 Å². The Bertz CT molecular complexity index is 474. The van der Waals surface area contributed by atoms with Crippen LogP contribution in [0.4, 0.5) is 10.1 Å². The molecule has 0 radical (unpaired) electrons. The van der Waals surface area contributed by atoms with Crippen LogP contribution in [0.3, 0.4) is 0 Å². The third kappa shape index (κ3) is 3.93. The summed E-state index contributed by atoms with van der Waals surface area (Å²) in [4.78, 5) is 13.2. The molecule has 1 aromatic carbocycles. The first-order chi connectivity index (χ1) is 9.61. The molecule has 0 atom stereocenters. The Hall–Kier alpha value is -1.62. The molecule has 0 aliphatic heterocycles. The van der Waals surface area contributed by atoms with E-state index in [1.807, 2.05) is 18.0 Å². The zero-order valence-corrected chi connectivity index (χ0v) is 12.1. The van der Waals surface area contributed by atoms with Gasteiger partial charge in [0, 0.05) is 50.9 Å². The van der Waals surface area contributed by atoms with Crippen LogP contribution in [-0.4, -0.2) is 32.6 Å². The number of hydrogen-bond acceptors (Lipinski definition) is 3. The van der Waals surface area contributed by atoms with Crippen molar-refractivity contribution >= 4 is 11.6 Å². The number of rotatable bonds is 7. The normalized spacial score (nSPS) is 14.2. The van der Waals surface area contributed by atoms with Crippen molar-refractivity contribution in [3.05, 3.63) is 29.6 Å². The van der Waals surface area contributed by atoms with Gasteiger partial charge in [0.25, 0.3) is 0 Å². The first-order valence-corrected chi connectivity index (χ1v) is 7.04. The minimum atomic E-state index is -0.192. The molecule has 5 heteroatoms. The second-order valence-corrected chi connectivity index (χ2v) is 5.24. The lowest BCUT2D eigenvalue weighted by atomic mass is 10.1. The summed E-state index contributed by atoms with van der Waals surface area (Å²) in [5.41, 5.74) is 1.53. The van der Waals surface area contributed by atoms with Gasteiger partial charge in [-0.15, -0.1) is 0 Å². The van der Waals surface area contributed by atoms with Crippen molar-refractivity contribution in [2.45, 2.75) is 31.8 Å². The van der Waals surface area contributed by atoms with Crippen molar-refractivity contribution in [2.75, 3.05) is 25.5 Å². The Balaban J connectivity index is 2.04. The molecule has 1 amide bonds. The summed E-state index contributed by atoms with van der Waals surface area (Å²) in [7, 11) is 3.51. The van der Waals surface area contributed by atoms with Crippen LogP contribution in [0.15, 0.2) is 18.2 Å². The molecule has 1 aliphatic rings. The van der Waals surface area contributed by atoms with E-state index in [1.54, 1.807) is 13.1 Å². The van der Waals surface area contributed by atoms with Crippen molar-refractivity contribution in [1.29, 1.82) is 0 Å². The third-order valence-electron chi connectivity index (χ3n) is 3.60. The zero-order chi connectivity index (χ0) is 14.5. The molecule has 0 saturated heterocycles. The highest BCUT2D eigenvalue weighted by Crippen LogP contribution is 2.25. The van der Waals surface area contributed by atoms with Crippen LogP contribution in [-0.2, 0) is 11.3 Å². The van der Waals surface area contributed by atoms with Gasteiger partial charge >= 0.3 is 0 Å². The fraction of sp³-hybridized carbons (Fsp3) is 0.533. The van der Waals surface area contributed by atoms with E-state index < -0.39 is 0 Å². The first-order valence-electron chi connectivity index (χ1n) is 7.04. The van der Waals surface area contributed by atoms with Gasteiger partial charge in [-0.1, -0.05) is 6.07 Å². The van der Waals surface area contributed by atoms with Gasteiger partial charge < -0.3 is 15.5 Å². The molecule has 4 nitrogen and oxygen atoms in total. The van der Waals surface area contributed by atoms with Gasteiger partial charge in [0.15, 0.2) is 0 Å². The minimum Gasteiger partial charge on any atom is -0.374 e. The molecule has 0 aromatic heterocycles. The van der Waals surface area contributed by atoms with Crippen molar-refractivity contribution < 1.29 is 9.18 Å². The van der Waals surface area contributed by atoms with Gasteiger partial charge in [-0.25, -0.2) is 4.39 Å². The van der Waals surface area contributed by atoms with Crippen LogP contribution in [0.25, 0.3) is 0 Å². The van der Waals surface area contributed by atoms with Gasteiger partial charge in [0.05, 0.1) is 0 Å². The minimum absolute atomic E-state index is 0.00842. The number of nitrogens with one attached hydrogen (secondary N) is 2. The molecule has 20 heavy (non-hydrogen) atoms. The standard InChI is InChI=1S/C15H22FN3O/c1-17-15(20)8-9-19(2)14-5-3-4-13(16)12(14)10-18-11-6-7-11/h3-5,11,18H,6-10H2,1-2H3,(H,17,20). The van der Waals surface area contributed by atoms with Crippen molar-refractivity contribution in [3.63, 3.8) is 0 Å². The predicted octanol–water partition coefficient (Wildman–Crippen LogP) is 1.65. The fourth-order valence-corrected chi connectivity index (χ4v) is 2.13. The lowest BCUT2D eigenvalue weighted by molar-refractivity contribution is -0.120. The van der Waals surface area contributed by atoms with Crippen LogP contribution in [0, 0.1) is 5.82 Å². The summed E-state index contributed by atoms with van der Waals surface area (Å²) >= 11 is 0. The van der Waals surface area contributed by atoms with Crippen LogP contribution in [0.2, 0.25) is 0 Å². The number of hydrogen-bond donors (Lipinski definition) is 2. The lowest BCUT2D eigenvalue weighted by Crippen LogP contribution is -2.28. The lowest BCUT2D eigenvalue weighted by Gasteiger charge is -2.22. The van der Waals surface area contributed by atoms with E-state index >= 15 is 0 Å². The van der Waals surface area contributed by atoms with Gasteiger partial charge in [0.2, 0.25) is 5.91 Å². The van der Waals surface area contributed by atoms with Crippen LogP contribution in [0.1, 0.15) is 24.8 Å². The highest BCUT2D eigenvalue weighted by molar-refractivity contribution is 5.76. The van der Waals surface area contributed by atoms with Crippen LogP contribution >= 0.6 is 0 Å². The van der Waals surface area contributed by atoms with E-state index in [0.29, 0.717) is 31.1 Å². The van der Waals surface area contributed by atoms with E-state index in [4.69, 9.17) is 0 Å². The molecule has 1 saturated carbocycles. The van der Waals surface area contributed by atoms with Gasteiger partial charge in [-0.05, 0) is 25.0 Å². The zero-order valence-electron chi connectivity index (χ0n) is 12.1. The SMILES string of the molecule is CNC(=O)CCN(C)c1cccc(F)c1CNC1CC1. The third-order valence-corrected chi connectivity index (χ3v) is 3.60. The highest BCUT2D eigenvalue weighted by Gasteiger charge is 2.22. The molecule has 1 fully saturated rings. The Morgan fingerprint density at radius 1 is 1.45 bits per heavy atom. The van der Waals surface area contributed by atoms with E-state index in [0.717, 1.165) is 5.69 Å². The summed E-state index contributed by atoms with van der Waals surface area (Å²) in [6, 6.07) is 5.64. The number of carbonyl (C=O) groups excluding carboxylic acids is 1. The average molecular weight is 279 g/mol. The van der Waals surface area contributed by atoms with Gasteiger partial charge in [-0.2, -0.15) is 0 Å². The number of nitrogens with zero attached hydrogens (tertiary/aromatic N) is 1. The van der Waals surface area contributed by atoms with E-state index in [1.165, 1.54) is 18.9 Å². The summed E-state index contributed by atoms with van der Waals surface area (Å²) < 4.78 is 14.0.